The lowest BCUT2D eigenvalue weighted by Gasteiger charge is -2.11. The Morgan fingerprint density at radius 3 is 2.46 bits per heavy atom. The molecular formula is C18H17NO4S. The molecule has 0 saturated heterocycles. The van der Waals surface area contributed by atoms with Gasteiger partial charge in [-0.25, -0.2) is 8.42 Å². The van der Waals surface area contributed by atoms with Gasteiger partial charge in [-0.3, -0.25) is 0 Å². The van der Waals surface area contributed by atoms with E-state index in [-0.39, 0.29) is 4.91 Å². The molecule has 0 radical (unpaired) electrons. The number of nitrogens with zero attached hydrogens (tertiary/aromatic N) is 1. The summed E-state index contributed by atoms with van der Waals surface area (Å²) in [4.78, 5) is -0.304. The van der Waals surface area contributed by atoms with E-state index in [1.165, 1.54) is 13.2 Å². The lowest BCUT2D eigenvalue weighted by molar-refractivity contribution is 0.284. The molecule has 0 saturated carbocycles. The van der Waals surface area contributed by atoms with Gasteiger partial charge in [0, 0.05) is 6.26 Å². The van der Waals surface area contributed by atoms with Crippen molar-refractivity contribution in [2.24, 2.45) is 0 Å². The average Bonchev–Trinajstić information content (AvgIpc) is 2.57. The summed E-state index contributed by atoms with van der Waals surface area (Å²) < 4.78 is 34.1. The molecule has 0 fully saturated rings. The fourth-order valence-electron chi connectivity index (χ4n) is 2.00. The van der Waals surface area contributed by atoms with Crippen molar-refractivity contribution in [1.29, 1.82) is 5.26 Å². The zero-order valence-corrected chi connectivity index (χ0v) is 14.2. The zero-order valence-electron chi connectivity index (χ0n) is 13.4. The van der Waals surface area contributed by atoms with Gasteiger partial charge in [-0.15, -0.1) is 0 Å². The fraction of sp³-hybridized carbons (Fsp3) is 0.167. The van der Waals surface area contributed by atoms with E-state index in [1.54, 1.807) is 24.3 Å². The first-order valence-electron chi connectivity index (χ1n) is 7.10. The molecule has 2 aromatic rings. The average molecular weight is 343 g/mol. The molecule has 0 N–H and O–H groups in total. The van der Waals surface area contributed by atoms with Crippen molar-refractivity contribution in [2.45, 2.75) is 6.61 Å². The Labute approximate surface area is 141 Å². The Morgan fingerprint density at radius 2 is 1.88 bits per heavy atom. The van der Waals surface area contributed by atoms with Gasteiger partial charge in [-0.1, -0.05) is 36.4 Å². The highest BCUT2D eigenvalue weighted by Crippen LogP contribution is 2.30. The van der Waals surface area contributed by atoms with Crippen molar-refractivity contribution in [3.63, 3.8) is 0 Å². The van der Waals surface area contributed by atoms with E-state index in [0.29, 0.717) is 23.7 Å². The lowest BCUT2D eigenvalue weighted by atomic mass is 10.2. The van der Waals surface area contributed by atoms with Crippen molar-refractivity contribution in [1.82, 2.24) is 0 Å². The van der Waals surface area contributed by atoms with Crippen LogP contribution in [0.2, 0.25) is 0 Å². The third-order valence-corrected chi connectivity index (χ3v) is 4.24. The standard InChI is InChI=1S/C18H17NO4S/c1-22-17-9-8-15(10-16(12-19)24(2,20)21)11-18(17)23-13-14-6-4-3-5-7-14/h3-11H,13H2,1-2H3/b16-10+. The molecule has 0 bridgehead atoms. The predicted molar refractivity (Wildman–Crippen MR) is 92.2 cm³/mol. The van der Waals surface area contributed by atoms with Gasteiger partial charge in [0.1, 0.15) is 17.6 Å². The van der Waals surface area contributed by atoms with Gasteiger partial charge in [0.25, 0.3) is 0 Å². The van der Waals surface area contributed by atoms with Crippen LogP contribution in [0.4, 0.5) is 0 Å². The van der Waals surface area contributed by atoms with Crippen LogP contribution >= 0.6 is 0 Å². The Morgan fingerprint density at radius 1 is 1.17 bits per heavy atom. The molecule has 0 spiro atoms. The maximum absolute atomic E-state index is 11.5. The van der Waals surface area contributed by atoms with Crippen LogP contribution in [0.3, 0.4) is 0 Å². The highest BCUT2D eigenvalue weighted by Gasteiger charge is 2.12. The zero-order chi connectivity index (χ0) is 17.6. The second-order valence-corrected chi connectivity index (χ2v) is 7.06. The third-order valence-electron chi connectivity index (χ3n) is 3.23. The van der Waals surface area contributed by atoms with Crippen molar-refractivity contribution >= 4 is 15.9 Å². The number of ether oxygens (including phenoxy) is 2. The molecule has 6 heteroatoms. The molecule has 5 nitrogen and oxygen atoms in total. The van der Waals surface area contributed by atoms with Gasteiger partial charge in [0.15, 0.2) is 21.3 Å². The largest absolute Gasteiger partial charge is 0.493 e. The SMILES string of the molecule is COc1ccc(/C=C(\C#N)S(C)(=O)=O)cc1OCc1ccccc1. The number of benzene rings is 2. The molecule has 2 aromatic carbocycles. The number of hydrogen-bond donors (Lipinski definition) is 0. The van der Waals surface area contributed by atoms with Crippen LogP contribution < -0.4 is 9.47 Å². The molecule has 0 atom stereocenters. The molecule has 0 aliphatic rings. The highest BCUT2D eigenvalue weighted by atomic mass is 32.2. The molecule has 24 heavy (non-hydrogen) atoms. The summed E-state index contributed by atoms with van der Waals surface area (Å²) in [7, 11) is -2.04. The van der Waals surface area contributed by atoms with Crippen molar-refractivity contribution in [3.05, 3.63) is 64.6 Å². The first kappa shape index (κ1) is 17.6. The molecule has 0 heterocycles. The first-order chi connectivity index (χ1) is 11.4. The summed E-state index contributed by atoms with van der Waals surface area (Å²) in [6.07, 6.45) is 2.31. The van der Waals surface area contributed by atoms with Crippen molar-refractivity contribution in [3.8, 4) is 17.6 Å². The third kappa shape index (κ3) is 4.61. The predicted octanol–water partition coefficient (Wildman–Crippen LogP) is 3.18. The van der Waals surface area contributed by atoms with Crippen molar-refractivity contribution in [2.75, 3.05) is 13.4 Å². The Balaban J connectivity index is 2.31. The Bertz CT molecular complexity index is 881. The van der Waals surface area contributed by atoms with Gasteiger partial charge in [-0.05, 0) is 29.3 Å². The fourth-order valence-corrected chi connectivity index (χ4v) is 2.52. The highest BCUT2D eigenvalue weighted by molar-refractivity contribution is 7.95. The van der Waals surface area contributed by atoms with Gasteiger partial charge >= 0.3 is 0 Å². The summed E-state index contributed by atoms with van der Waals surface area (Å²) in [6.45, 7) is 0.349. The van der Waals surface area contributed by atoms with Gasteiger partial charge in [-0.2, -0.15) is 5.26 Å². The van der Waals surface area contributed by atoms with Crippen molar-refractivity contribution < 1.29 is 17.9 Å². The van der Waals surface area contributed by atoms with Gasteiger partial charge < -0.3 is 9.47 Å². The Hall–Kier alpha value is -2.78. The second kappa shape index (κ2) is 7.66. The number of rotatable bonds is 6. The van der Waals surface area contributed by atoms with Crippen LogP contribution in [0.25, 0.3) is 6.08 Å². The van der Waals surface area contributed by atoms with Crippen LogP contribution in [-0.4, -0.2) is 21.8 Å². The molecule has 0 aliphatic heterocycles. The quantitative estimate of drug-likeness (QED) is 0.753. The van der Waals surface area contributed by atoms with Gasteiger partial charge in [0.2, 0.25) is 0 Å². The molecular weight excluding hydrogens is 326 g/mol. The van der Waals surface area contributed by atoms with E-state index < -0.39 is 9.84 Å². The van der Waals surface area contributed by atoms with Crippen LogP contribution in [0.15, 0.2) is 53.4 Å². The van der Waals surface area contributed by atoms with E-state index in [0.717, 1.165) is 11.8 Å². The molecule has 124 valence electrons. The number of allylic oxidation sites excluding steroid dienone is 1. The molecule has 0 aromatic heterocycles. The maximum Gasteiger partial charge on any atom is 0.185 e. The second-order valence-electron chi connectivity index (χ2n) is 5.08. The molecule has 0 unspecified atom stereocenters. The number of methoxy groups -OCH3 is 1. The minimum absolute atomic E-state index is 0.304. The van der Waals surface area contributed by atoms with Crippen LogP contribution in [0, 0.1) is 11.3 Å². The molecule has 0 amide bonds. The molecule has 2 rings (SSSR count). The number of hydrogen-bond acceptors (Lipinski definition) is 5. The summed E-state index contributed by atoms with van der Waals surface area (Å²) in [5.74, 6) is 1.00. The maximum atomic E-state index is 11.5. The minimum atomic E-state index is -3.57. The summed E-state index contributed by atoms with van der Waals surface area (Å²) in [6, 6.07) is 16.3. The molecule has 0 aliphatic carbocycles. The van der Waals surface area contributed by atoms with Gasteiger partial charge in [0.05, 0.1) is 7.11 Å². The smallest absolute Gasteiger partial charge is 0.185 e. The minimum Gasteiger partial charge on any atom is -0.493 e. The van der Waals surface area contributed by atoms with E-state index in [2.05, 4.69) is 0 Å². The topological polar surface area (TPSA) is 76.4 Å². The monoisotopic (exact) mass is 343 g/mol. The normalized spacial score (nSPS) is 11.6. The van der Waals surface area contributed by atoms with E-state index >= 15 is 0 Å². The van der Waals surface area contributed by atoms with Crippen LogP contribution in [-0.2, 0) is 16.4 Å². The summed E-state index contributed by atoms with van der Waals surface area (Å²) >= 11 is 0. The lowest BCUT2D eigenvalue weighted by Crippen LogP contribution is -2.00. The number of sulfone groups is 1. The number of nitriles is 1. The summed E-state index contributed by atoms with van der Waals surface area (Å²) in [5, 5.41) is 8.99. The van der Waals surface area contributed by atoms with E-state index in [9.17, 15) is 8.42 Å². The summed E-state index contributed by atoms with van der Waals surface area (Å²) in [5.41, 5.74) is 1.54. The Kier molecular flexibility index (Phi) is 5.61. The van der Waals surface area contributed by atoms with Crippen LogP contribution in [0.1, 0.15) is 11.1 Å². The first-order valence-corrected chi connectivity index (χ1v) is 9.00. The van der Waals surface area contributed by atoms with E-state index in [4.69, 9.17) is 14.7 Å². The van der Waals surface area contributed by atoms with Crippen LogP contribution in [0.5, 0.6) is 11.5 Å². The van der Waals surface area contributed by atoms with E-state index in [1.807, 2.05) is 30.3 Å².